The van der Waals surface area contributed by atoms with E-state index in [-0.39, 0.29) is 17.8 Å². The summed E-state index contributed by atoms with van der Waals surface area (Å²) in [5.74, 6) is -1.43. The van der Waals surface area contributed by atoms with Crippen molar-refractivity contribution in [1.82, 2.24) is 20.2 Å². The van der Waals surface area contributed by atoms with Gasteiger partial charge in [-0.1, -0.05) is 0 Å². The molecule has 3 heterocycles. The molecule has 0 radical (unpaired) electrons. The lowest BCUT2D eigenvalue weighted by Gasteiger charge is -2.24. The number of carbonyl (C=O) groups excluding carboxylic acids is 1. The van der Waals surface area contributed by atoms with Crippen molar-refractivity contribution in [3.8, 4) is 5.75 Å². The van der Waals surface area contributed by atoms with Gasteiger partial charge < -0.3 is 24.3 Å². The van der Waals surface area contributed by atoms with Crippen LogP contribution in [0.4, 0.5) is 13.2 Å². The van der Waals surface area contributed by atoms with Crippen LogP contribution in [0, 0.1) is 0 Å². The van der Waals surface area contributed by atoms with Gasteiger partial charge in [0.15, 0.2) is 0 Å². The highest BCUT2D eigenvalue weighted by atomic mass is 19.4. The summed E-state index contributed by atoms with van der Waals surface area (Å²) in [7, 11) is 3.22. The lowest BCUT2D eigenvalue weighted by atomic mass is 10.1. The first-order valence-corrected chi connectivity index (χ1v) is 9.83. The van der Waals surface area contributed by atoms with Crippen molar-refractivity contribution >= 4 is 11.9 Å². The lowest BCUT2D eigenvalue weighted by molar-refractivity contribution is -0.192. The highest BCUT2D eigenvalue weighted by Crippen LogP contribution is 2.21. The van der Waals surface area contributed by atoms with E-state index in [0.29, 0.717) is 19.7 Å². The van der Waals surface area contributed by atoms with E-state index in [4.69, 9.17) is 23.8 Å². The normalized spacial score (nSPS) is 14.5. The Morgan fingerprint density at radius 3 is 2.58 bits per heavy atom. The van der Waals surface area contributed by atoms with Gasteiger partial charge in [0.1, 0.15) is 11.5 Å². The van der Waals surface area contributed by atoms with Gasteiger partial charge in [-0.25, -0.2) is 9.78 Å². The maximum atomic E-state index is 12.2. The largest absolute Gasteiger partial charge is 0.495 e. The van der Waals surface area contributed by atoms with Crippen molar-refractivity contribution in [2.24, 2.45) is 0 Å². The van der Waals surface area contributed by atoms with E-state index in [1.807, 2.05) is 19.1 Å². The van der Waals surface area contributed by atoms with E-state index < -0.39 is 12.1 Å². The highest BCUT2D eigenvalue weighted by Gasteiger charge is 2.38. The molecule has 1 amide bonds. The second kappa shape index (κ2) is 11.6. The number of nitrogens with zero attached hydrogens (tertiary/aromatic N) is 3. The summed E-state index contributed by atoms with van der Waals surface area (Å²) in [6.07, 6.45) is -2.65. The summed E-state index contributed by atoms with van der Waals surface area (Å²) >= 11 is 0. The van der Waals surface area contributed by atoms with Gasteiger partial charge >= 0.3 is 18.1 Å². The number of hydrogen-bond donors (Lipinski definition) is 2. The number of carboxylic acids is 1. The summed E-state index contributed by atoms with van der Waals surface area (Å²) in [6.45, 7) is 4.48. The van der Waals surface area contributed by atoms with Crippen molar-refractivity contribution in [3.05, 3.63) is 41.4 Å². The molecule has 0 saturated carbocycles. The average molecular weight is 474 g/mol. The summed E-state index contributed by atoms with van der Waals surface area (Å²) in [6, 6.07) is 3.75. The van der Waals surface area contributed by atoms with Crippen LogP contribution in [-0.4, -0.2) is 71.4 Å². The highest BCUT2D eigenvalue weighted by molar-refractivity contribution is 5.89. The number of pyridine rings is 1. The number of hydrogen-bond acceptors (Lipinski definition) is 8. The quantitative estimate of drug-likeness (QED) is 0.620. The van der Waals surface area contributed by atoms with Crippen molar-refractivity contribution in [1.29, 1.82) is 0 Å². The van der Waals surface area contributed by atoms with Gasteiger partial charge in [0, 0.05) is 39.2 Å². The Hall–Kier alpha value is -3.19. The first-order chi connectivity index (χ1) is 15.5. The molecular formula is C20H25F3N4O6. The van der Waals surface area contributed by atoms with E-state index in [2.05, 4.69) is 20.2 Å². The van der Waals surface area contributed by atoms with Crippen LogP contribution in [0.15, 0.2) is 22.7 Å². The molecule has 0 unspecified atom stereocenters. The van der Waals surface area contributed by atoms with E-state index >= 15 is 0 Å². The van der Waals surface area contributed by atoms with Gasteiger partial charge in [0.2, 0.25) is 0 Å². The van der Waals surface area contributed by atoms with Gasteiger partial charge in [-0.3, -0.25) is 14.7 Å². The molecule has 13 heteroatoms. The number of rotatable bonds is 7. The van der Waals surface area contributed by atoms with Crippen LogP contribution in [0.1, 0.15) is 34.8 Å². The molecule has 0 fully saturated rings. The van der Waals surface area contributed by atoms with Gasteiger partial charge in [0.25, 0.3) is 5.89 Å². The van der Waals surface area contributed by atoms with Crippen LogP contribution in [0.5, 0.6) is 5.75 Å². The maximum Gasteiger partial charge on any atom is 0.490 e. The molecule has 2 aromatic rings. The molecule has 0 bridgehead atoms. The number of carbonyl (C=O) groups is 2. The molecule has 3 rings (SSSR count). The Labute approximate surface area is 187 Å². The van der Waals surface area contributed by atoms with Crippen molar-refractivity contribution in [3.63, 3.8) is 0 Å². The third-order valence-corrected chi connectivity index (χ3v) is 4.46. The molecule has 2 N–H and O–H groups in total. The number of amides is 1. The van der Waals surface area contributed by atoms with E-state index in [1.165, 1.54) is 0 Å². The second-order valence-corrected chi connectivity index (χ2v) is 7.17. The van der Waals surface area contributed by atoms with Gasteiger partial charge in [0.05, 0.1) is 31.3 Å². The van der Waals surface area contributed by atoms with Crippen molar-refractivity contribution in [2.75, 3.05) is 27.4 Å². The predicted octanol–water partition coefficient (Wildman–Crippen LogP) is 2.03. The topological polar surface area (TPSA) is 127 Å². The number of aromatic nitrogens is 2. The summed E-state index contributed by atoms with van der Waals surface area (Å²) < 4.78 is 47.5. The number of nitrogens with one attached hydrogen (secondary N) is 1. The van der Waals surface area contributed by atoms with Gasteiger partial charge in [-0.2, -0.15) is 13.2 Å². The summed E-state index contributed by atoms with van der Waals surface area (Å²) in [5, 5.41) is 9.94. The minimum Gasteiger partial charge on any atom is -0.495 e. The van der Waals surface area contributed by atoms with Gasteiger partial charge in [-0.05, 0) is 19.1 Å². The standard InChI is InChI=1S/C18H24N4O4.C2HF3O2/c1-12(11-24-2)20-17(23)18-21-15-10-22(7-6-16(15)26-18)9-13-4-5-14(25-3)8-19-13;3-2(4,5)1(6)7/h4-5,8,12H,6-7,9-11H2,1-3H3,(H,20,23);(H,6,7)/t12-;/m0./s1. The summed E-state index contributed by atoms with van der Waals surface area (Å²) in [5.41, 5.74) is 1.78. The van der Waals surface area contributed by atoms with Crippen LogP contribution in [0.25, 0.3) is 0 Å². The lowest BCUT2D eigenvalue weighted by Crippen LogP contribution is -2.35. The molecule has 1 aliphatic heterocycles. The summed E-state index contributed by atoms with van der Waals surface area (Å²) in [4.78, 5) is 32.1. The molecule has 2 aromatic heterocycles. The van der Waals surface area contributed by atoms with Crippen LogP contribution >= 0.6 is 0 Å². The molecular weight excluding hydrogens is 449 g/mol. The van der Waals surface area contributed by atoms with Crippen LogP contribution < -0.4 is 10.1 Å². The third-order valence-electron chi connectivity index (χ3n) is 4.46. The molecule has 1 atom stereocenters. The molecule has 33 heavy (non-hydrogen) atoms. The molecule has 1 aliphatic rings. The third kappa shape index (κ3) is 8.02. The van der Waals surface area contributed by atoms with Crippen LogP contribution in [0.2, 0.25) is 0 Å². The molecule has 0 aliphatic carbocycles. The maximum absolute atomic E-state index is 12.2. The van der Waals surface area contributed by atoms with E-state index in [1.54, 1.807) is 20.4 Å². The fourth-order valence-electron chi connectivity index (χ4n) is 2.92. The van der Waals surface area contributed by atoms with Crippen molar-refractivity contribution < 1.29 is 41.8 Å². The van der Waals surface area contributed by atoms with Crippen LogP contribution in [0.3, 0.4) is 0 Å². The Morgan fingerprint density at radius 2 is 2.03 bits per heavy atom. The average Bonchev–Trinajstić information content (AvgIpc) is 3.18. The van der Waals surface area contributed by atoms with E-state index in [0.717, 1.165) is 35.9 Å². The first kappa shape index (κ1) is 26.1. The molecule has 0 spiro atoms. The molecule has 182 valence electrons. The number of ether oxygens (including phenoxy) is 2. The number of methoxy groups -OCH3 is 2. The number of alkyl halides is 3. The monoisotopic (exact) mass is 474 g/mol. The number of halogens is 3. The minimum absolute atomic E-state index is 0.103. The number of oxazole rings is 1. The minimum atomic E-state index is -5.08. The fourth-order valence-corrected chi connectivity index (χ4v) is 2.92. The molecule has 0 aromatic carbocycles. The Bertz CT molecular complexity index is 933. The van der Waals surface area contributed by atoms with Crippen molar-refractivity contribution in [2.45, 2.75) is 38.7 Å². The zero-order valence-corrected chi connectivity index (χ0v) is 18.3. The smallest absolute Gasteiger partial charge is 0.490 e. The molecule has 10 nitrogen and oxygen atoms in total. The zero-order chi connectivity index (χ0) is 24.6. The zero-order valence-electron chi connectivity index (χ0n) is 18.3. The Balaban J connectivity index is 0.000000479. The predicted molar refractivity (Wildman–Crippen MR) is 108 cm³/mol. The number of aliphatic carboxylic acids is 1. The fraction of sp³-hybridized carbons (Fsp3) is 0.500. The SMILES string of the molecule is COC[C@H](C)NC(=O)c1nc2c(o1)CCN(Cc1ccc(OC)cn1)C2.O=C(O)C(F)(F)F. The Morgan fingerprint density at radius 1 is 1.33 bits per heavy atom. The molecule has 0 saturated heterocycles. The van der Waals surface area contributed by atoms with Crippen LogP contribution in [-0.2, 0) is 29.0 Å². The number of carboxylic acid groups (broad SMARTS) is 1. The second-order valence-electron chi connectivity index (χ2n) is 7.17. The first-order valence-electron chi connectivity index (χ1n) is 9.83. The number of fused-ring (bicyclic) bond motifs is 1. The van der Waals surface area contributed by atoms with Gasteiger partial charge in [-0.15, -0.1) is 0 Å². The van der Waals surface area contributed by atoms with E-state index in [9.17, 15) is 18.0 Å². The Kier molecular flexibility index (Phi) is 9.17.